The van der Waals surface area contributed by atoms with E-state index in [0.29, 0.717) is 19.0 Å². The van der Waals surface area contributed by atoms with E-state index in [-0.39, 0.29) is 23.3 Å². The van der Waals surface area contributed by atoms with Crippen molar-refractivity contribution in [2.75, 3.05) is 19.6 Å². The van der Waals surface area contributed by atoms with Gasteiger partial charge in [0.25, 0.3) is 0 Å². The van der Waals surface area contributed by atoms with Crippen molar-refractivity contribution in [1.29, 1.82) is 0 Å². The van der Waals surface area contributed by atoms with Crippen LogP contribution in [-0.4, -0.2) is 38.3 Å². The number of aryl methyl sites for hydroxylation is 1. The Morgan fingerprint density at radius 3 is 2.34 bits per heavy atom. The van der Waals surface area contributed by atoms with Crippen LogP contribution in [0.15, 0.2) is 59.5 Å². The maximum absolute atomic E-state index is 13.1. The molecule has 2 aromatic carbocycles. The molecule has 1 aliphatic rings. The molecule has 0 saturated carbocycles. The van der Waals surface area contributed by atoms with Crippen LogP contribution in [0.2, 0.25) is 0 Å². The van der Waals surface area contributed by atoms with Gasteiger partial charge in [-0.2, -0.15) is 4.31 Å². The zero-order valence-corrected chi connectivity index (χ0v) is 18.2. The predicted molar refractivity (Wildman–Crippen MR) is 115 cm³/mol. The van der Waals surface area contributed by atoms with Gasteiger partial charge in [0.15, 0.2) is 0 Å². The van der Waals surface area contributed by atoms with Crippen LogP contribution in [0.25, 0.3) is 0 Å². The highest BCUT2D eigenvalue weighted by Crippen LogP contribution is 2.36. The summed E-state index contributed by atoms with van der Waals surface area (Å²) in [6, 6.07) is 16.5. The Hall–Kier alpha value is -2.18. The average molecular weight is 415 g/mol. The minimum Gasteiger partial charge on any atom is -0.356 e. The van der Waals surface area contributed by atoms with Gasteiger partial charge >= 0.3 is 0 Å². The van der Waals surface area contributed by atoms with Crippen LogP contribution in [0.5, 0.6) is 0 Å². The molecule has 2 atom stereocenters. The maximum atomic E-state index is 13.1. The molecule has 0 unspecified atom stereocenters. The van der Waals surface area contributed by atoms with E-state index < -0.39 is 15.9 Å². The number of amides is 1. The van der Waals surface area contributed by atoms with E-state index in [1.54, 1.807) is 30.3 Å². The zero-order valence-electron chi connectivity index (χ0n) is 17.3. The van der Waals surface area contributed by atoms with Crippen LogP contribution >= 0.6 is 0 Å². The van der Waals surface area contributed by atoms with Crippen molar-refractivity contribution in [2.24, 2.45) is 11.8 Å². The quantitative estimate of drug-likeness (QED) is 0.753. The minimum absolute atomic E-state index is 0.0676. The molecular formula is C23H30N2O3S. The lowest BCUT2D eigenvalue weighted by molar-refractivity contribution is -0.124. The summed E-state index contributed by atoms with van der Waals surface area (Å²) in [5.41, 5.74) is 2.14. The molecule has 1 aliphatic heterocycles. The van der Waals surface area contributed by atoms with Crippen LogP contribution in [0.1, 0.15) is 37.3 Å². The third kappa shape index (κ3) is 5.06. The Labute approximate surface area is 174 Å². The molecule has 1 amide bonds. The van der Waals surface area contributed by atoms with E-state index in [9.17, 15) is 13.2 Å². The van der Waals surface area contributed by atoms with Crippen molar-refractivity contribution in [1.82, 2.24) is 9.62 Å². The molecule has 1 fully saturated rings. The second-order valence-corrected chi connectivity index (χ2v) is 10.2. The molecule has 3 rings (SSSR count). The van der Waals surface area contributed by atoms with Crippen molar-refractivity contribution >= 4 is 15.9 Å². The molecule has 156 valence electrons. The van der Waals surface area contributed by atoms with E-state index >= 15 is 0 Å². The monoisotopic (exact) mass is 414 g/mol. The number of nitrogens with zero attached hydrogens (tertiary/aromatic N) is 1. The highest BCUT2D eigenvalue weighted by molar-refractivity contribution is 7.89. The van der Waals surface area contributed by atoms with Crippen LogP contribution in [-0.2, 0) is 14.8 Å². The summed E-state index contributed by atoms with van der Waals surface area (Å²) < 4.78 is 27.7. The Morgan fingerprint density at radius 2 is 1.72 bits per heavy atom. The standard InChI is InChI=1S/C23H30N2O3S/c1-17(2)13-14-24-23(26)22-16-25(29(27,28)20-7-5-4-6-8-20)15-21(22)19-11-9-18(3)10-12-19/h4-12,17,21-22H,13-16H2,1-3H3,(H,24,26)/t21-,22+/m1/s1. The van der Waals surface area contributed by atoms with Crippen LogP contribution < -0.4 is 5.32 Å². The second-order valence-electron chi connectivity index (χ2n) is 8.23. The third-order valence-electron chi connectivity index (χ3n) is 5.53. The number of sulfonamides is 1. The number of nitrogens with one attached hydrogen (secondary N) is 1. The van der Waals surface area contributed by atoms with Crippen LogP contribution in [0, 0.1) is 18.8 Å². The first-order chi connectivity index (χ1) is 13.8. The molecule has 0 aromatic heterocycles. The number of rotatable bonds is 7. The highest BCUT2D eigenvalue weighted by atomic mass is 32.2. The Morgan fingerprint density at radius 1 is 1.07 bits per heavy atom. The first kappa shape index (κ1) is 21.5. The molecule has 6 heteroatoms. The van der Waals surface area contributed by atoms with Crippen molar-refractivity contribution in [3.8, 4) is 0 Å². The van der Waals surface area contributed by atoms with Gasteiger partial charge in [0.1, 0.15) is 0 Å². The van der Waals surface area contributed by atoms with Crippen LogP contribution in [0.4, 0.5) is 0 Å². The van der Waals surface area contributed by atoms with Gasteiger partial charge in [-0.3, -0.25) is 4.79 Å². The summed E-state index contributed by atoms with van der Waals surface area (Å²) in [7, 11) is -3.63. The van der Waals surface area contributed by atoms with E-state index in [0.717, 1.165) is 17.5 Å². The lowest BCUT2D eigenvalue weighted by Gasteiger charge is -2.19. The summed E-state index contributed by atoms with van der Waals surface area (Å²) in [6.45, 7) is 7.36. The van der Waals surface area contributed by atoms with Gasteiger partial charge in [-0.05, 0) is 37.0 Å². The molecule has 5 nitrogen and oxygen atoms in total. The van der Waals surface area contributed by atoms with E-state index in [2.05, 4.69) is 19.2 Å². The van der Waals surface area contributed by atoms with Crippen LogP contribution in [0.3, 0.4) is 0 Å². The summed E-state index contributed by atoms with van der Waals surface area (Å²) in [5.74, 6) is -0.125. The van der Waals surface area contributed by atoms with Gasteiger partial charge in [-0.1, -0.05) is 61.9 Å². The lowest BCUT2D eigenvalue weighted by Crippen LogP contribution is -2.36. The SMILES string of the molecule is Cc1ccc([C@H]2CN(S(=O)(=O)c3ccccc3)C[C@@H]2C(=O)NCCC(C)C)cc1. The Bertz CT molecular complexity index is 924. The van der Waals surface area contributed by atoms with Gasteiger partial charge in [-0.15, -0.1) is 0 Å². The third-order valence-corrected chi connectivity index (χ3v) is 7.38. The topological polar surface area (TPSA) is 66.5 Å². The van der Waals surface area contributed by atoms with Gasteiger partial charge in [0.2, 0.25) is 15.9 Å². The van der Waals surface area contributed by atoms with E-state index in [4.69, 9.17) is 0 Å². The molecular weight excluding hydrogens is 384 g/mol. The number of benzene rings is 2. The Kier molecular flexibility index (Phi) is 6.75. The van der Waals surface area contributed by atoms with Crippen molar-refractivity contribution < 1.29 is 13.2 Å². The lowest BCUT2D eigenvalue weighted by atomic mass is 9.88. The molecule has 29 heavy (non-hydrogen) atoms. The zero-order chi connectivity index (χ0) is 21.0. The molecule has 0 radical (unpaired) electrons. The Balaban J connectivity index is 1.85. The molecule has 1 saturated heterocycles. The molecule has 2 aromatic rings. The van der Waals surface area contributed by atoms with E-state index in [1.807, 2.05) is 31.2 Å². The van der Waals surface area contributed by atoms with Gasteiger partial charge < -0.3 is 5.32 Å². The fraction of sp³-hybridized carbons (Fsp3) is 0.435. The van der Waals surface area contributed by atoms with E-state index in [1.165, 1.54) is 4.31 Å². The first-order valence-electron chi connectivity index (χ1n) is 10.2. The molecule has 0 spiro atoms. The summed E-state index contributed by atoms with van der Waals surface area (Å²) in [5, 5.41) is 3.02. The largest absolute Gasteiger partial charge is 0.356 e. The smallest absolute Gasteiger partial charge is 0.243 e. The van der Waals surface area contributed by atoms with Gasteiger partial charge in [-0.25, -0.2) is 8.42 Å². The number of carbonyl (C=O) groups excluding carboxylic acids is 1. The minimum atomic E-state index is -3.63. The molecule has 1 N–H and O–H groups in total. The molecule has 1 heterocycles. The van der Waals surface area contributed by atoms with Crippen molar-refractivity contribution in [3.63, 3.8) is 0 Å². The van der Waals surface area contributed by atoms with Crippen molar-refractivity contribution in [2.45, 2.75) is 38.0 Å². The molecule has 0 aliphatic carbocycles. The van der Waals surface area contributed by atoms with Gasteiger partial charge in [0.05, 0.1) is 10.8 Å². The fourth-order valence-corrected chi connectivity index (χ4v) is 5.25. The van der Waals surface area contributed by atoms with Crippen molar-refractivity contribution in [3.05, 3.63) is 65.7 Å². The summed E-state index contributed by atoms with van der Waals surface area (Å²) in [4.78, 5) is 13.2. The highest BCUT2D eigenvalue weighted by Gasteiger charge is 2.43. The van der Waals surface area contributed by atoms with Gasteiger partial charge in [0, 0.05) is 25.6 Å². The number of carbonyl (C=O) groups is 1. The second kappa shape index (κ2) is 9.09. The normalized spacial score (nSPS) is 20.1. The number of hydrogen-bond acceptors (Lipinski definition) is 3. The first-order valence-corrected chi connectivity index (χ1v) is 11.6. The number of hydrogen-bond donors (Lipinski definition) is 1. The summed E-state index contributed by atoms with van der Waals surface area (Å²) >= 11 is 0. The maximum Gasteiger partial charge on any atom is 0.243 e. The predicted octanol–water partition coefficient (Wildman–Crippen LogP) is 3.56. The molecule has 0 bridgehead atoms. The summed E-state index contributed by atoms with van der Waals surface area (Å²) in [6.07, 6.45) is 0.902. The fourth-order valence-electron chi connectivity index (χ4n) is 3.74. The average Bonchev–Trinajstić information content (AvgIpc) is 3.15.